The van der Waals surface area contributed by atoms with Gasteiger partial charge >= 0.3 is 5.97 Å². The summed E-state index contributed by atoms with van der Waals surface area (Å²) in [5.74, 6) is -0.555. The Morgan fingerprint density at radius 3 is 2.76 bits per heavy atom. The van der Waals surface area contributed by atoms with Gasteiger partial charge in [0, 0.05) is 32.1 Å². The second kappa shape index (κ2) is 7.31. The molecule has 0 radical (unpaired) electrons. The maximum absolute atomic E-state index is 14.9. The summed E-state index contributed by atoms with van der Waals surface area (Å²) in [6, 6.07) is 11.1. The maximum atomic E-state index is 14.9. The number of anilines is 1. The predicted octanol–water partition coefficient (Wildman–Crippen LogP) is 4.19. The van der Waals surface area contributed by atoms with Crippen LogP contribution in [0.2, 0.25) is 0 Å². The van der Waals surface area contributed by atoms with Crippen LogP contribution in [0.5, 0.6) is 0 Å². The molecule has 1 unspecified atom stereocenters. The summed E-state index contributed by atoms with van der Waals surface area (Å²) in [5.41, 5.74) is 3.74. The van der Waals surface area contributed by atoms with Gasteiger partial charge in [0.05, 0.1) is 34.0 Å². The molecule has 0 bridgehead atoms. The van der Waals surface area contributed by atoms with Crippen LogP contribution in [0.4, 0.5) is 10.1 Å². The molecule has 2 aromatic carbocycles. The third-order valence-electron chi connectivity index (χ3n) is 7.07. The van der Waals surface area contributed by atoms with Crippen LogP contribution in [0.1, 0.15) is 35.7 Å². The highest BCUT2D eigenvalue weighted by atomic mass is 19.1. The topological polar surface area (TPSA) is 83.5 Å². The van der Waals surface area contributed by atoms with Gasteiger partial charge < -0.3 is 24.2 Å². The Morgan fingerprint density at radius 2 is 2.03 bits per heavy atom. The standard InChI is InChI=1S/C25H25FN4O3/c1-28-23-17(26)10-16(25(32)33)11-18(23)27-24(28)20-12-15-4-2-5-19-22(15)30(20)21(14-6-7-14)13-29(19)8-3-9-31/h2,4-5,10-12,14,21,31H,3,6-9,13H2,1H3,(H,32,33). The van der Waals surface area contributed by atoms with E-state index in [9.17, 15) is 19.4 Å². The number of rotatable bonds is 6. The lowest BCUT2D eigenvalue weighted by Gasteiger charge is -2.37. The Labute approximate surface area is 189 Å². The lowest BCUT2D eigenvalue weighted by molar-refractivity contribution is 0.0696. The zero-order valence-electron chi connectivity index (χ0n) is 18.3. The Bertz CT molecular complexity index is 1420. The molecule has 0 spiro atoms. The van der Waals surface area contributed by atoms with E-state index in [1.54, 1.807) is 11.6 Å². The number of aromatic carboxylic acids is 1. The van der Waals surface area contributed by atoms with Crippen LogP contribution in [0, 0.1) is 11.7 Å². The number of hydrogen-bond donors (Lipinski definition) is 2. The summed E-state index contributed by atoms with van der Waals surface area (Å²) in [6.07, 6.45) is 3.08. The Hall–Kier alpha value is -3.39. The molecule has 1 saturated carbocycles. The number of imidazole rings is 1. The van der Waals surface area contributed by atoms with Gasteiger partial charge in [0.15, 0.2) is 5.82 Å². The van der Waals surface area contributed by atoms with Crippen LogP contribution in [0.15, 0.2) is 36.4 Å². The Morgan fingerprint density at radius 1 is 1.21 bits per heavy atom. The molecule has 2 N–H and O–H groups in total. The van der Waals surface area contributed by atoms with Gasteiger partial charge in [-0.05, 0) is 49.4 Å². The number of aromatic nitrogens is 3. The fraction of sp³-hybridized carbons (Fsp3) is 0.360. The second-order valence-electron chi connectivity index (χ2n) is 9.17. The van der Waals surface area contributed by atoms with Crippen molar-refractivity contribution in [3.05, 3.63) is 47.8 Å². The number of carboxylic acids is 1. The molecule has 1 fully saturated rings. The molecule has 1 aliphatic carbocycles. The number of hydrogen-bond acceptors (Lipinski definition) is 4. The number of aryl methyl sites for hydroxylation is 1. The minimum absolute atomic E-state index is 0.107. The van der Waals surface area contributed by atoms with Crippen LogP contribution in [0.3, 0.4) is 0 Å². The SMILES string of the molecule is Cn1c(-c2cc3cccc4c3n2C(C2CC2)CN4CCCO)nc2cc(C(=O)O)cc(F)c21. The molecule has 0 saturated heterocycles. The molecule has 8 heteroatoms. The molecule has 7 nitrogen and oxygen atoms in total. The van der Waals surface area contributed by atoms with Crippen molar-refractivity contribution in [3.8, 4) is 11.5 Å². The monoisotopic (exact) mass is 448 g/mol. The van der Waals surface area contributed by atoms with Crippen LogP contribution in [0.25, 0.3) is 33.5 Å². The summed E-state index contributed by atoms with van der Waals surface area (Å²) in [4.78, 5) is 18.5. The molecular weight excluding hydrogens is 423 g/mol. The van der Waals surface area contributed by atoms with E-state index in [1.165, 1.54) is 18.9 Å². The van der Waals surface area contributed by atoms with E-state index >= 15 is 0 Å². The maximum Gasteiger partial charge on any atom is 0.335 e. The fourth-order valence-electron chi connectivity index (χ4n) is 5.41. The van der Waals surface area contributed by atoms with E-state index in [0.29, 0.717) is 22.8 Å². The molecule has 33 heavy (non-hydrogen) atoms. The number of carboxylic acid groups (broad SMARTS) is 1. The first-order valence-corrected chi connectivity index (χ1v) is 11.4. The van der Waals surface area contributed by atoms with Crippen LogP contribution in [-0.2, 0) is 7.05 Å². The molecule has 2 aromatic heterocycles. The highest BCUT2D eigenvalue weighted by Gasteiger charge is 2.39. The smallest absolute Gasteiger partial charge is 0.335 e. The zero-order chi connectivity index (χ0) is 22.9. The first-order chi connectivity index (χ1) is 16.0. The second-order valence-corrected chi connectivity index (χ2v) is 9.17. The van der Waals surface area contributed by atoms with Crippen molar-refractivity contribution >= 4 is 33.6 Å². The van der Waals surface area contributed by atoms with Crippen LogP contribution < -0.4 is 4.90 Å². The lowest BCUT2D eigenvalue weighted by Crippen LogP contribution is -2.37. The largest absolute Gasteiger partial charge is 0.478 e. The van der Waals surface area contributed by atoms with Crippen molar-refractivity contribution in [2.24, 2.45) is 13.0 Å². The number of nitrogens with zero attached hydrogens (tertiary/aromatic N) is 4. The normalized spacial score (nSPS) is 17.9. The molecular formula is C25H25FN4O3. The molecule has 170 valence electrons. The van der Waals surface area contributed by atoms with Gasteiger partial charge in [-0.1, -0.05) is 12.1 Å². The molecule has 1 aliphatic heterocycles. The van der Waals surface area contributed by atoms with Crippen molar-refractivity contribution in [1.29, 1.82) is 0 Å². The van der Waals surface area contributed by atoms with Crippen molar-refractivity contribution in [3.63, 3.8) is 0 Å². The Balaban J connectivity index is 1.59. The van der Waals surface area contributed by atoms with E-state index in [-0.39, 0.29) is 18.2 Å². The molecule has 0 amide bonds. The number of halogens is 1. The fourth-order valence-corrected chi connectivity index (χ4v) is 5.41. The van der Waals surface area contributed by atoms with Crippen molar-refractivity contribution in [2.45, 2.75) is 25.3 Å². The summed E-state index contributed by atoms with van der Waals surface area (Å²) >= 11 is 0. The highest BCUT2D eigenvalue weighted by Crippen LogP contribution is 2.49. The zero-order valence-corrected chi connectivity index (χ0v) is 18.3. The summed E-state index contributed by atoms with van der Waals surface area (Å²) in [7, 11) is 1.78. The van der Waals surface area contributed by atoms with E-state index in [1.807, 2.05) is 6.07 Å². The lowest BCUT2D eigenvalue weighted by atomic mass is 10.1. The average Bonchev–Trinajstić information content (AvgIpc) is 3.49. The van der Waals surface area contributed by atoms with Crippen LogP contribution in [-0.4, -0.2) is 50.0 Å². The summed E-state index contributed by atoms with van der Waals surface area (Å²) in [5, 5.41) is 19.8. The number of benzene rings is 2. The number of aliphatic hydroxyl groups is 1. The van der Waals surface area contributed by atoms with Crippen molar-refractivity contribution < 1.29 is 19.4 Å². The van der Waals surface area contributed by atoms with Crippen molar-refractivity contribution in [2.75, 3.05) is 24.6 Å². The van der Waals surface area contributed by atoms with Gasteiger partial charge in [-0.25, -0.2) is 14.2 Å². The van der Waals surface area contributed by atoms with Crippen molar-refractivity contribution in [1.82, 2.24) is 14.1 Å². The molecule has 1 atom stereocenters. The number of fused-ring (bicyclic) bond motifs is 1. The van der Waals surface area contributed by atoms with E-state index in [2.05, 4.69) is 27.7 Å². The van der Waals surface area contributed by atoms with Gasteiger partial charge in [-0.2, -0.15) is 0 Å². The predicted molar refractivity (Wildman–Crippen MR) is 124 cm³/mol. The molecule has 3 heterocycles. The quantitative estimate of drug-likeness (QED) is 0.462. The minimum atomic E-state index is -1.17. The number of aliphatic hydroxyl groups excluding tert-OH is 1. The number of carbonyl (C=O) groups is 1. The van der Waals surface area contributed by atoms with E-state index in [4.69, 9.17) is 4.98 Å². The van der Waals surface area contributed by atoms with Gasteiger partial charge in [-0.15, -0.1) is 0 Å². The van der Waals surface area contributed by atoms with E-state index in [0.717, 1.165) is 47.9 Å². The molecule has 2 aliphatic rings. The molecule has 6 rings (SSSR count). The third-order valence-corrected chi connectivity index (χ3v) is 7.07. The summed E-state index contributed by atoms with van der Waals surface area (Å²) < 4.78 is 19.0. The Kier molecular flexibility index (Phi) is 4.48. The van der Waals surface area contributed by atoms with E-state index < -0.39 is 11.8 Å². The molecule has 4 aromatic rings. The first kappa shape index (κ1) is 20.2. The average molecular weight is 448 g/mol. The first-order valence-electron chi connectivity index (χ1n) is 11.4. The van der Waals surface area contributed by atoms with Gasteiger partial charge in [0.1, 0.15) is 11.3 Å². The minimum Gasteiger partial charge on any atom is -0.478 e. The van der Waals surface area contributed by atoms with Gasteiger partial charge in [0.25, 0.3) is 0 Å². The van der Waals surface area contributed by atoms with Gasteiger partial charge in [-0.3, -0.25) is 0 Å². The van der Waals surface area contributed by atoms with Gasteiger partial charge in [0.2, 0.25) is 0 Å². The third kappa shape index (κ3) is 3.04. The highest BCUT2D eigenvalue weighted by molar-refractivity contribution is 5.98. The summed E-state index contributed by atoms with van der Waals surface area (Å²) in [6.45, 7) is 1.82. The number of para-hydroxylation sites is 1. The van der Waals surface area contributed by atoms with Crippen LogP contribution >= 0.6 is 0 Å².